The van der Waals surface area contributed by atoms with Gasteiger partial charge in [-0.15, -0.1) is 0 Å². The van der Waals surface area contributed by atoms with E-state index in [4.69, 9.17) is 0 Å². The zero-order valence-electron chi connectivity index (χ0n) is 16.7. The third-order valence-corrected chi connectivity index (χ3v) is 4.61. The molecule has 0 fully saturated rings. The van der Waals surface area contributed by atoms with Gasteiger partial charge in [0.15, 0.2) is 0 Å². The number of pyridine rings is 1. The Hall–Kier alpha value is -3.14. The Morgan fingerprint density at radius 2 is 1.75 bits per heavy atom. The van der Waals surface area contributed by atoms with E-state index in [1.54, 1.807) is 0 Å². The number of nitrogens with one attached hydrogen (secondary N) is 1. The lowest BCUT2D eigenvalue weighted by Crippen LogP contribution is -2.30. The molecule has 0 aliphatic carbocycles. The maximum absolute atomic E-state index is 12.3. The Kier molecular flexibility index (Phi) is 6.43. The quantitative estimate of drug-likeness (QED) is 0.635. The monoisotopic (exact) mass is 373 g/mol. The second-order valence-corrected chi connectivity index (χ2v) is 7.32. The van der Waals surface area contributed by atoms with Crippen LogP contribution in [0.2, 0.25) is 0 Å². The summed E-state index contributed by atoms with van der Waals surface area (Å²) in [5, 5.41) is 2.89. The van der Waals surface area contributed by atoms with Crippen molar-refractivity contribution >= 4 is 17.4 Å². The summed E-state index contributed by atoms with van der Waals surface area (Å²) < 4.78 is 0. The highest BCUT2D eigenvalue weighted by Crippen LogP contribution is 2.21. The van der Waals surface area contributed by atoms with E-state index in [-0.39, 0.29) is 5.91 Å². The first-order valence-corrected chi connectivity index (χ1v) is 9.63. The Morgan fingerprint density at radius 1 is 1.00 bits per heavy atom. The molecule has 0 bridgehead atoms. The number of aryl methyl sites for hydroxylation is 1. The van der Waals surface area contributed by atoms with Crippen molar-refractivity contribution in [3.05, 3.63) is 89.6 Å². The molecule has 4 nitrogen and oxygen atoms in total. The van der Waals surface area contributed by atoms with Crippen molar-refractivity contribution in [2.75, 3.05) is 10.2 Å². The largest absolute Gasteiger partial charge is 0.364 e. The van der Waals surface area contributed by atoms with E-state index >= 15 is 0 Å². The first-order chi connectivity index (χ1) is 13.5. The number of nitrogens with zero attached hydrogens (tertiary/aromatic N) is 2. The molecular formula is C24H27N3O. The van der Waals surface area contributed by atoms with Crippen LogP contribution in [0, 0.1) is 6.92 Å². The van der Waals surface area contributed by atoms with Gasteiger partial charge in [0.05, 0.1) is 18.3 Å². The van der Waals surface area contributed by atoms with Crippen molar-refractivity contribution in [1.82, 2.24) is 4.98 Å². The maximum Gasteiger partial charge on any atom is 0.229 e. The molecule has 0 aliphatic rings. The first-order valence-electron chi connectivity index (χ1n) is 9.63. The summed E-state index contributed by atoms with van der Waals surface area (Å²) in [5.74, 6) is 0.515. The van der Waals surface area contributed by atoms with Crippen LogP contribution >= 0.6 is 0 Å². The number of hydrogen-bond acceptors (Lipinski definition) is 3. The standard InChI is InChI=1S/C24H27N3O/c1-18(2)27(17-20-9-5-4-6-10-20)22-12-13-23(25-16-22)26-24(28)15-21-11-7-8-19(3)14-21/h4-14,16,18H,15,17H2,1-3H3,(H,25,26,28). The predicted octanol–water partition coefficient (Wildman–Crippen LogP) is 4.99. The molecule has 144 valence electrons. The highest BCUT2D eigenvalue weighted by Gasteiger charge is 2.12. The van der Waals surface area contributed by atoms with Crippen LogP contribution in [0.3, 0.4) is 0 Å². The second-order valence-electron chi connectivity index (χ2n) is 7.32. The van der Waals surface area contributed by atoms with E-state index in [2.05, 4.69) is 53.3 Å². The van der Waals surface area contributed by atoms with Gasteiger partial charge in [0.2, 0.25) is 5.91 Å². The molecule has 1 N–H and O–H groups in total. The van der Waals surface area contributed by atoms with Crippen LogP contribution in [0.25, 0.3) is 0 Å². The number of benzene rings is 2. The molecule has 0 radical (unpaired) electrons. The lowest BCUT2D eigenvalue weighted by Gasteiger charge is -2.29. The van der Waals surface area contributed by atoms with Gasteiger partial charge in [-0.1, -0.05) is 60.2 Å². The second kappa shape index (κ2) is 9.18. The molecule has 1 heterocycles. The molecule has 3 rings (SSSR count). The lowest BCUT2D eigenvalue weighted by molar-refractivity contribution is -0.115. The summed E-state index contributed by atoms with van der Waals surface area (Å²) in [6, 6.07) is 22.6. The number of aromatic nitrogens is 1. The first kappa shape index (κ1) is 19.6. The lowest BCUT2D eigenvalue weighted by atomic mass is 10.1. The van der Waals surface area contributed by atoms with E-state index in [0.717, 1.165) is 23.4 Å². The van der Waals surface area contributed by atoms with E-state index in [1.807, 2.05) is 55.6 Å². The highest BCUT2D eigenvalue weighted by atomic mass is 16.1. The Morgan fingerprint density at radius 3 is 2.39 bits per heavy atom. The molecule has 28 heavy (non-hydrogen) atoms. The summed E-state index contributed by atoms with van der Waals surface area (Å²) in [7, 11) is 0. The van der Waals surface area contributed by atoms with Crippen molar-refractivity contribution < 1.29 is 4.79 Å². The van der Waals surface area contributed by atoms with E-state index in [0.29, 0.717) is 18.3 Å². The van der Waals surface area contributed by atoms with Crippen molar-refractivity contribution in [3.63, 3.8) is 0 Å². The van der Waals surface area contributed by atoms with Gasteiger partial charge < -0.3 is 10.2 Å². The fourth-order valence-corrected chi connectivity index (χ4v) is 3.18. The molecule has 1 amide bonds. The van der Waals surface area contributed by atoms with Gasteiger partial charge in [0.1, 0.15) is 5.82 Å². The molecule has 0 spiro atoms. The van der Waals surface area contributed by atoms with Crippen LogP contribution in [0.15, 0.2) is 72.9 Å². The van der Waals surface area contributed by atoms with Gasteiger partial charge in [-0.2, -0.15) is 0 Å². The van der Waals surface area contributed by atoms with Crippen molar-refractivity contribution in [2.45, 2.75) is 39.8 Å². The number of carbonyl (C=O) groups excluding carboxylic acids is 1. The molecule has 4 heteroatoms. The summed E-state index contributed by atoms with van der Waals surface area (Å²) >= 11 is 0. The van der Waals surface area contributed by atoms with Crippen LogP contribution in [0.4, 0.5) is 11.5 Å². The fourth-order valence-electron chi connectivity index (χ4n) is 3.18. The number of amides is 1. The van der Waals surface area contributed by atoms with Gasteiger partial charge >= 0.3 is 0 Å². The van der Waals surface area contributed by atoms with Gasteiger partial charge in [0.25, 0.3) is 0 Å². The zero-order valence-corrected chi connectivity index (χ0v) is 16.7. The van der Waals surface area contributed by atoms with Crippen molar-refractivity contribution in [3.8, 4) is 0 Å². The van der Waals surface area contributed by atoms with Gasteiger partial charge in [-0.3, -0.25) is 4.79 Å². The average molecular weight is 374 g/mol. The Bertz CT molecular complexity index is 905. The summed E-state index contributed by atoms with van der Waals surface area (Å²) in [5.41, 5.74) is 4.45. The van der Waals surface area contributed by atoms with E-state index < -0.39 is 0 Å². The fraction of sp³-hybridized carbons (Fsp3) is 0.250. The third-order valence-electron chi connectivity index (χ3n) is 4.61. The molecular weight excluding hydrogens is 346 g/mol. The molecule has 0 saturated heterocycles. The van der Waals surface area contributed by atoms with Gasteiger partial charge in [0, 0.05) is 12.6 Å². The van der Waals surface area contributed by atoms with E-state index in [1.165, 1.54) is 5.56 Å². The van der Waals surface area contributed by atoms with Crippen LogP contribution in [0.5, 0.6) is 0 Å². The van der Waals surface area contributed by atoms with Gasteiger partial charge in [-0.25, -0.2) is 4.98 Å². The van der Waals surface area contributed by atoms with Crippen LogP contribution in [-0.4, -0.2) is 16.9 Å². The minimum atomic E-state index is -0.0594. The van der Waals surface area contributed by atoms with Crippen LogP contribution in [0.1, 0.15) is 30.5 Å². The maximum atomic E-state index is 12.3. The van der Waals surface area contributed by atoms with E-state index in [9.17, 15) is 4.79 Å². The number of hydrogen-bond donors (Lipinski definition) is 1. The number of anilines is 2. The molecule has 0 unspecified atom stereocenters. The van der Waals surface area contributed by atoms with Crippen molar-refractivity contribution in [2.24, 2.45) is 0 Å². The third kappa shape index (κ3) is 5.43. The van der Waals surface area contributed by atoms with Crippen molar-refractivity contribution in [1.29, 1.82) is 0 Å². The molecule has 0 saturated carbocycles. The van der Waals surface area contributed by atoms with Crippen LogP contribution in [-0.2, 0) is 17.8 Å². The molecule has 0 atom stereocenters. The normalized spacial score (nSPS) is 10.7. The minimum absolute atomic E-state index is 0.0594. The number of rotatable bonds is 7. The summed E-state index contributed by atoms with van der Waals surface area (Å²) in [6.07, 6.45) is 2.17. The zero-order chi connectivity index (χ0) is 19.9. The average Bonchev–Trinajstić information content (AvgIpc) is 2.67. The molecule has 3 aromatic rings. The highest BCUT2D eigenvalue weighted by molar-refractivity contribution is 5.91. The summed E-state index contributed by atoms with van der Waals surface area (Å²) in [4.78, 5) is 19.0. The molecule has 2 aromatic carbocycles. The predicted molar refractivity (Wildman–Crippen MR) is 116 cm³/mol. The molecule has 0 aliphatic heterocycles. The van der Waals surface area contributed by atoms with Crippen LogP contribution < -0.4 is 10.2 Å². The Balaban J connectivity index is 1.65. The smallest absolute Gasteiger partial charge is 0.229 e. The summed E-state index contributed by atoms with van der Waals surface area (Å²) in [6.45, 7) is 7.18. The van der Waals surface area contributed by atoms with Gasteiger partial charge in [-0.05, 0) is 44.0 Å². The minimum Gasteiger partial charge on any atom is -0.364 e. The number of carbonyl (C=O) groups is 1. The Labute approximate surface area is 167 Å². The molecule has 1 aromatic heterocycles. The SMILES string of the molecule is Cc1cccc(CC(=O)Nc2ccc(N(Cc3ccccc3)C(C)C)cn2)c1. The topological polar surface area (TPSA) is 45.2 Å².